The molecule has 54 valence electrons. The van der Waals surface area contributed by atoms with Crippen molar-refractivity contribution in [1.29, 1.82) is 0 Å². The maximum absolute atomic E-state index is 8.33. The fraction of sp³-hybridized carbons (Fsp3) is 0. The molecule has 0 bridgehead atoms. The molecule has 8 heteroatoms. The summed E-state index contributed by atoms with van der Waals surface area (Å²) < 4.78 is 0. The fourth-order valence-electron chi connectivity index (χ4n) is 0. The molecule has 0 heterocycles. The number of hydrogen-bond acceptors (Lipinski definition) is 4. The van der Waals surface area contributed by atoms with Gasteiger partial charge in [-0.15, -0.1) is 0 Å². The molecule has 0 spiro atoms. The fourth-order valence-corrected chi connectivity index (χ4v) is 0. The Hall–Kier alpha value is 0.202. The van der Waals surface area contributed by atoms with E-state index in [0.29, 0.717) is 0 Å². The molecule has 0 aliphatic rings. The molecule has 0 atom stereocenters. The van der Waals surface area contributed by atoms with Gasteiger partial charge in [-0.25, -0.2) is 0 Å². The SMILES string of the molecule is O.O=C([O-])[O-].[Al+3].[Fe+2].[O-2].[OH-]. The van der Waals surface area contributed by atoms with E-state index in [9.17, 15) is 0 Å². The molecule has 9 heavy (non-hydrogen) atoms. The van der Waals surface area contributed by atoms with Crippen molar-refractivity contribution in [3.8, 4) is 0 Å². The Kier molecular flexibility index (Phi) is 278. The number of carboxylic acid groups (broad SMARTS) is 2. The van der Waals surface area contributed by atoms with Crippen LogP contribution in [0.15, 0.2) is 0 Å². The third kappa shape index (κ3) is 7740. The molecular formula is CH3AlFeO6. The van der Waals surface area contributed by atoms with E-state index in [0.717, 1.165) is 0 Å². The Morgan fingerprint density at radius 1 is 1.22 bits per heavy atom. The molecule has 6 nitrogen and oxygen atoms in total. The zero-order valence-electron chi connectivity index (χ0n) is 4.01. The molecular weight excluding hydrogens is 191 g/mol. The molecule has 0 aliphatic heterocycles. The van der Waals surface area contributed by atoms with Crippen molar-refractivity contribution >= 4 is 23.5 Å². The van der Waals surface area contributed by atoms with Gasteiger partial charge >= 0.3 is 34.4 Å². The molecule has 0 amide bonds. The van der Waals surface area contributed by atoms with E-state index in [-0.39, 0.29) is 50.9 Å². The molecule has 0 rings (SSSR count). The van der Waals surface area contributed by atoms with Gasteiger partial charge in [-0.3, -0.25) is 0 Å². The van der Waals surface area contributed by atoms with Crippen LogP contribution in [0.3, 0.4) is 0 Å². The van der Waals surface area contributed by atoms with Gasteiger partial charge < -0.3 is 31.4 Å². The van der Waals surface area contributed by atoms with Gasteiger partial charge in [0.1, 0.15) is 0 Å². The molecule has 0 saturated carbocycles. The molecule has 0 radical (unpaired) electrons. The van der Waals surface area contributed by atoms with E-state index in [2.05, 4.69) is 0 Å². The Labute approximate surface area is 72.4 Å². The molecule has 0 aromatic carbocycles. The van der Waals surface area contributed by atoms with Gasteiger partial charge in [0.2, 0.25) is 0 Å². The zero-order chi connectivity index (χ0) is 3.58. The molecule has 3 N–H and O–H groups in total. The zero-order valence-corrected chi connectivity index (χ0v) is 6.27. The van der Waals surface area contributed by atoms with Gasteiger partial charge in [0.05, 0.1) is 0 Å². The second-order valence-corrected chi connectivity index (χ2v) is 0.250. The predicted molar refractivity (Wildman–Crippen MR) is 17.4 cm³/mol. The number of carbonyl (C=O) groups is 1. The maximum Gasteiger partial charge on any atom is 3.00 e. The summed E-state index contributed by atoms with van der Waals surface area (Å²) in [6.45, 7) is 0. The summed E-state index contributed by atoms with van der Waals surface area (Å²) in [6, 6.07) is 0. The van der Waals surface area contributed by atoms with Crippen molar-refractivity contribution in [3.63, 3.8) is 0 Å². The molecule has 0 aromatic heterocycles. The van der Waals surface area contributed by atoms with Crippen LogP contribution in [-0.4, -0.2) is 34.5 Å². The smallest absolute Gasteiger partial charge is 2.00 e. The van der Waals surface area contributed by atoms with Crippen LogP contribution in [0.5, 0.6) is 0 Å². The Bertz CT molecular complexity index is 36.0. The summed E-state index contributed by atoms with van der Waals surface area (Å²) in [6.07, 6.45) is -2.33. The van der Waals surface area contributed by atoms with E-state index >= 15 is 0 Å². The molecule has 0 aliphatic carbocycles. The average Bonchev–Trinajstić information content (AvgIpc) is 0.811. The van der Waals surface area contributed by atoms with Gasteiger partial charge in [0.25, 0.3) is 0 Å². The summed E-state index contributed by atoms with van der Waals surface area (Å²) in [5.74, 6) is 0. The quantitative estimate of drug-likeness (QED) is 0.360. The van der Waals surface area contributed by atoms with E-state index in [4.69, 9.17) is 15.0 Å². The van der Waals surface area contributed by atoms with E-state index < -0.39 is 6.16 Å². The minimum atomic E-state index is -2.33. The second kappa shape index (κ2) is 41.5. The minimum absolute atomic E-state index is 0. The van der Waals surface area contributed by atoms with Gasteiger partial charge in [-0.05, 0) is 6.16 Å². The Balaban J connectivity index is -0.00000000450. The van der Waals surface area contributed by atoms with Crippen LogP contribution < -0.4 is 10.2 Å². The molecule has 0 unspecified atom stereocenters. The van der Waals surface area contributed by atoms with Crippen molar-refractivity contribution in [2.45, 2.75) is 0 Å². The van der Waals surface area contributed by atoms with Crippen molar-refractivity contribution in [3.05, 3.63) is 0 Å². The predicted octanol–water partition coefficient (Wildman–Crippen LogP) is -3.95. The Morgan fingerprint density at radius 2 is 1.22 bits per heavy atom. The van der Waals surface area contributed by atoms with Crippen LogP contribution in [0.1, 0.15) is 0 Å². The van der Waals surface area contributed by atoms with Crippen molar-refractivity contribution in [1.82, 2.24) is 0 Å². The van der Waals surface area contributed by atoms with Crippen molar-refractivity contribution in [2.24, 2.45) is 0 Å². The van der Waals surface area contributed by atoms with Crippen molar-refractivity contribution in [2.75, 3.05) is 0 Å². The molecule has 0 saturated heterocycles. The van der Waals surface area contributed by atoms with Crippen molar-refractivity contribution < 1.29 is 48.5 Å². The van der Waals surface area contributed by atoms with E-state index in [1.54, 1.807) is 0 Å². The summed E-state index contributed by atoms with van der Waals surface area (Å²) in [5, 5.41) is 16.7. The summed E-state index contributed by atoms with van der Waals surface area (Å²) in [5.41, 5.74) is 0. The van der Waals surface area contributed by atoms with Crippen LogP contribution >= 0.6 is 0 Å². The van der Waals surface area contributed by atoms with Gasteiger partial charge in [0.15, 0.2) is 0 Å². The first kappa shape index (κ1) is 60.4. The van der Waals surface area contributed by atoms with Crippen LogP contribution in [-0.2, 0) is 22.5 Å². The van der Waals surface area contributed by atoms with E-state index in [1.165, 1.54) is 0 Å². The standard InChI is InChI=1S/CH2O3.Al.Fe.2H2O.O/c2-1(3)4;;;;;/h(H2,2,3,4);;;2*1H2;/q;+3;+2;;;-2/p-3. The first-order valence-corrected chi connectivity index (χ1v) is 0.612. The first-order valence-electron chi connectivity index (χ1n) is 0.612. The third-order valence-electron chi connectivity index (χ3n) is 0. The number of carbonyl (C=O) groups excluding carboxylic acids is 1. The summed E-state index contributed by atoms with van der Waals surface area (Å²) >= 11 is 0. The van der Waals surface area contributed by atoms with Gasteiger partial charge in [-0.1, -0.05) is 0 Å². The Morgan fingerprint density at radius 3 is 1.22 bits per heavy atom. The van der Waals surface area contributed by atoms with Crippen LogP contribution in [0, 0.1) is 0 Å². The topological polar surface area (TPSA) is 153 Å². The first-order chi connectivity index (χ1) is 1.73. The molecule has 0 aromatic rings. The third-order valence-corrected chi connectivity index (χ3v) is 0. The van der Waals surface area contributed by atoms with Gasteiger partial charge in [-0.2, -0.15) is 0 Å². The largest absolute Gasteiger partial charge is 3.00 e. The van der Waals surface area contributed by atoms with Crippen LogP contribution in [0.2, 0.25) is 0 Å². The number of hydrogen-bond donors (Lipinski definition) is 0. The average molecular weight is 194 g/mol. The molecule has 0 fully saturated rings. The maximum atomic E-state index is 8.33. The number of rotatable bonds is 0. The van der Waals surface area contributed by atoms with Gasteiger partial charge in [0, 0.05) is 0 Å². The normalized spacial score (nSPS) is 2.67. The monoisotopic (exact) mass is 194 g/mol. The minimum Gasteiger partial charge on any atom is -2.00 e. The van der Waals surface area contributed by atoms with E-state index in [1.807, 2.05) is 0 Å². The summed E-state index contributed by atoms with van der Waals surface area (Å²) in [4.78, 5) is 8.33. The summed E-state index contributed by atoms with van der Waals surface area (Å²) in [7, 11) is 0. The van der Waals surface area contributed by atoms with Crippen LogP contribution in [0.25, 0.3) is 0 Å². The van der Waals surface area contributed by atoms with Crippen LogP contribution in [0.4, 0.5) is 4.79 Å². The second-order valence-electron chi connectivity index (χ2n) is 0.250.